The predicted molar refractivity (Wildman–Crippen MR) is 111 cm³/mol. The number of amides is 1. The van der Waals surface area contributed by atoms with Crippen LogP contribution in [0.3, 0.4) is 0 Å². The van der Waals surface area contributed by atoms with Crippen molar-refractivity contribution >= 4 is 23.6 Å². The van der Waals surface area contributed by atoms with Crippen molar-refractivity contribution in [1.29, 1.82) is 5.26 Å². The first-order valence-electron chi connectivity index (χ1n) is 9.60. The molecule has 2 aromatic rings. The summed E-state index contributed by atoms with van der Waals surface area (Å²) < 4.78 is 16.2. The van der Waals surface area contributed by atoms with E-state index in [0.29, 0.717) is 35.1 Å². The Morgan fingerprint density at radius 2 is 1.93 bits per heavy atom. The van der Waals surface area contributed by atoms with Crippen LogP contribution in [0.25, 0.3) is 6.08 Å². The first-order chi connectivity index (χ1) is 14.5. The third kappa shape index (κ3) is 5.17. The van der Waals surface area contributed by atoms with E-state index in [4.69, 9.17) is 14.2 Å². The van der Waals surface area contributed by atoms with Crippen LogP contribution in [0, 0.1) is 17.2 Å². The second-order valence-electron chi connectivity index (χ2n) is 6.66. The second-order valence-corrected chi connectivity index (χ2v) is 6.66. The number of benzene rings is 2. The fourth-order valence-electron chi connectivity index (χ4n) is 2.73. The zero-order valence-corrected chi connectivity index (χ0v) is 16.8. The zero-order valence-electron chi connectivity index (χ0n) is 16.8. The predicted octanol–water partition coefficient (Wildman–Crippen LogP) is 3.95. The lowest BCUT2D eigenvalue weighted by Crippen LogP contribution is -2.14. The molecule has 2 aromatic carbocycles. The smallest absolute Gasteiger partial charge is 0.314 e. The highest BCUT2D eigenvalue weighted by Crippen LogP contribution is 2.34. The Balaban J connectivity index is 1.79. The Morgan fingerprint density at radius 3 is 2.60 bits per heavy atom. The van der Waals surface area contributed by atoms with E-state index in [1.807, 2.05) is 13.0 Å². The van der Waals surface area contributed by atoms with Crippen LogP contribution in [-0.2, 0) is 9.59 Å². The zero-order chi connectivity index (χ0) is 21.5. The summed E-state index contributed by atoms with van der Waals surface area (Å²) in [7, 11) is 1.46. The van der Waals surface area contributed by atoms with Crippen molar-refractivity contribution in [3.8, 4) is 23.3 Å². The monoisotopic (exact) mass is 406 g/mol. The van der Waals surface area contributed by atoms with Gasteiger partial charge in [0.1, 0.15) is 17.4 Å². The van der Waals surface area contributed by atoms with E-state index in [2.05, 4.69) is 5.32 Å². The molecule has 0 spiro atoms. The van der Waals surface area contributed by atoms with Crippen LogP contribution in [0.15, 0.2) is 48.0 Å². The number of hydrogen-bond donors (Lipinski definition) is 1. The summed E-state index contributed by atoms with van der Waals surface area (Å²) >= 11 is 0. The molecule has 30 heavy (non-hydrogen) atoms. The number of para-hydroxylation sites is 2. The summed E-state index contributed by atoms with van der Waals surface area (Å²) in [6.07, 6.45) is 3.12. The van der Waals surface area contributed by atoms with E-state index >= 15 is 0 Å². The summed E-state index contributed by atoms with van der Waals surface area (Å²) in [4.78, 5) is 24.5. The van der Waals surface area contributed by atoms with Crippen LogP contribution in [-0.4, -0.2) is 25.6 Å². The van der Waals surface area contributed by atoms with Crippen LogP contribution < -0.4 is 19.5 Å². The van der Waals surface area contributed by atoms with Gasteiger partial charge in [0.05, 0.1) is 25.3 Å². The minimum atomic E-state index is -0.562. The lowest BCUT2D eigenvalue weighted by molar-refractivity contribution is -0.135. The van der Waals surface area contributed by atoms with Gasteiger partial charge in [-0.3, -0.25) is 9.59 Å². The Bertz CT molecular complexity index is 1020. The standard InChI is InChI=1S/C23H22N2O5/c1-3-29-19-7-5-4-6-18(19)25-22(26)17(14-24)12-15-8-11-20(21(13-15)28-2)30-23(27)16-9-10-16/h4-8,11-13,16H,3,9-10H2,1-2H3,(H,25,26). The number of hydrogen-bond acceptors (Lipinski definition) is 6. The number of methoxy groups -OCH3 is 1. The van der Waals surface area contributed by atoms with E-state index in [0.717, 1.165) is 12.8 Å². The number of rotatable bonds is 8. The summed E-state index contributed by atoms with van der Waals surface area (Å²) in [6.45, 7) is 2.30. The lowest BCUT2D eigenvalue weighted by Gasteiger charge is -2.11. The van der Waals surface area contributed by atoms with Crippen molar-refractivity contribution in [1.82, 2.24) is 0 Å². The molecule has 1 saturated carbocycles. The van der Waals surface area contributed by atoms with E-state index in [9.17, 15) is 14.9 Å². The molecule has 0 saturated heterocycles. The van der Waals surface area contributed by atoms with Crippen molar-refractivity contribution in [3.63, 3.8) is 0 Å². The van der Waals surface area contributed by atoms with Gasteiger partial charge in [-0.15, -0.1) is 0 Å². The molecule has 0 aliphatic heterocycles. The number of nitrogens with zero attached hydrogens (tertiary/aromatic N) is 1. The van der Waals surface area contributed by atoms with Crippen molar-refractivity contribution in [3.05, 3.63) is 53.6 Å². The number of nitrogens with one attached hydrogen (secondary N) is 1. The lowest BCUT2D eigenvalue weighted by atomic mass is 10.1. The maximum atomic E-state index is 12.6. The molecule has 7 nitrogen and oxygen atoms in total. The second kappa shape index (κ2) is 9.61. The molecule has 1 aliphatic carbocycles. The van der Waals surface area contributed by atoms with Gasteiger partial charge in [-0.05, 0) is 55.7 Å². The number of nitriles is 1. The number of anilines is 1. The van der Waals surface area contributed by atoms with Gasteiger partial charge in [0.2, 0.25) is 0 Å². The van der Waals surface area contributed by atoms with Gasteiger partial charge >= 0.3 is 5.97 Å². The summed E-state index contributed by atoms with van der Waals surface area (Å²) in [5.74, 6) is 0.295. The van der Waals surface area contributed by atoms with Gasteiger partial charge < -0.3 is 19.5 Å². The molecule has 1 amide bonds. The maximum absolute atomic E-state index is 12.6. The fourth-order valence-corrected chi connectivity index (χ4v) is 2.73. The molecule has 1 N–H and O–H groups in total. The summed E-state index contributed by atoms with van der Waals surface area (Å²) in [5.41, 5.74) is 0.944. The van der Waals surface area contributed by atoms with Crippen molar-refractivity contribution < 1.29 is 23.8 Å². The van der Waals surface area contributed by atoms with Gasteiger partial charge in [0.15, 0.2) is 11.5 Å². The molecular weight excluding hydrogens is 384 g/mol. The molecule has 0 radical (unpaired) electrons. The van der Waals surface area contributed by atoms with Crippen molar-refractivity contribution in [2.45, 2.75) is 19.8 Å². The molecule has 0 atom stereocenters. The number of esters is 1. The number of carbonyl (C=O) groups is 2. The van der Waals surface area contributed by atoms with E-state index in [1.165, 1.54) is 13.2 Å². The first kappa shape index (κ1) is 20.9. The Morgan fingerprint density at radius 1 is 1.17 bits per heavy atom. The third-order valence-electron chi connectivity index (χ3n) is 4.42. The van der Waals surface area contributed by atoms with Crippen LogP contribution in [0.2, 0.25) is 0 Å². The molecule has 154 valence electrons. The molecule has 7 heteroatoms. The molecule has 0 bridgehead atoms. The fraction of sp³-hybridized carbons (Fsp3) is 0.261. The van der Waals surface area contributed by atoms with Gasteiger partial charge in [0.25, 0.3) is 5.91 Å². The van der Waals surface area contributed by atoms with E-state index < -0.39 is 5.91 Å². The van der Waals surface area contributed by atoms with Crippen molar-refractivity contribution in [2.24, 2.45) is 5.92 Å². The van der Waals surface area contributed by atoms with E-state index in [1.54, 1.807) is 42.5 Å². The van der Waals surface area contributed by atoms with Gasteiger partial charge in [-0.25, -0.2) is 0 Å². The maximum Gasteiger partial charge on any atom is 0.314 e. The summed E-state index contributed by atoms with van der Waals surface area (Å²) in [6, 6.07) is 13.7. The van der Waals surface area contributed by atoms with E-state index in [-0.39, 0.29) is 17.5 Å². The van der Waals surface area contributed by atoms with Gasteiger partial charge in [-0.1, -0.05) is 18.2 Å². The first-order valence-corrected chi connectivity index (χ1v) is 9.60. The topological polar surface area (TPSA) is 97.6 Å². The molecule has 1 aliphatic rings. The average molecular weight is 406 g/mol. The quantitative estimate of drug-likeness (QED) is 0.308. The minimum absolute atomic E-state index is 0.0391. The van der Waals surface area contributed by atoms with Gasteiger partial charge in [0, 0.05) is 0 Å². The Labute approximate surface area is 174 Å². The highest BCUT2D eigenvalue weighted by molar-refractivity contribution is 6.10. The highest BCUT2D eigenvalue weighted by atomic mass is 16.6. The Kier molecular flexibility index (Phi) is 6.71. The molecule has 0 unspecified atom stereocenters. The average Bonchev–Trinajstić information content (AvgIpc) is 3.60. The molecule has 1 fully saturated rings. The van der Waals surface area contributed by atoms with Crippen LogP contribution in [0.1, 0.15) is 25.3 Å². The summed E-state index contributed by atoms with van der Waals surface area (Å²) in [5, 5.41) is 12.2. The molecule has 0 aromatic heterocycles. The molecule has 3 rings (SSSR count). The normalized spacial score (nSPS) is 13.2. The highest BCUT2D eigenvalue weighted by Gasteiger charge is 2.32. The minimum Gasteiger partial charge on any atom is -0.493 e. The van der Waals surface area contributed by atoms with Crippen LogP contribution in [0.5, 0.6) is 17.2 Å². The SMILES string of the molecule is CCOc1ccccc1NC(=O)C(C#N)=Cc1ccc(OC(=O)C2CC2)c(OC)c1. The Hall–Kier alpha value is -3.79. The van der Waals surface area contributed by atoms with Gasteiger partial charge in [-0.2, -0.15) is 5.26 Å². The van der Waals surface area contributed by atoms with Crippen molar-refractivity contribution in [2.75, 3.05) is 19.0 Å². The molecule has 0 heterocycles. The number of ether oxygens (including phenoxy) is 3. The third-order valence-corrected chi connectivity index (χ3v) is 4.42. The van der Waals surface area contributed by atoms with Crippen LogP contribution >= 0.6 is 0 Å². The number of carbonyl (C=O) groups excluding carboxylic acids is 2. The molecular formula is C23H22N2O5. The largest absolute Gasteiger partial charge is 0.493 e. The van der Waals surface area contributed by atoms with Crippen LogP contribution in [0.4, 0.5) is 5.69 Å².